The molecule has 1 heterocycles. The van der Waals surface area contributed by atoms with E-state index in [-0.39, 0.29) is 36.9 Å². The summed E-state index contributed by atoms with van der Waals surface area (Å²) in [5.74, 6) is 0.868. The van der Waals surface area contributed by atoms with E-state index in [1.54, 1.807) is 12.0 Å². The van der Waals surface area contributed by atoms with Crippen molar-refractivity contribution in [2.75, 3.05) is 33.9 Å². The molecule has 7 heteroatoms. The number of aromatic nitrogens is 1. The summed E-state index contributed by atoms with van der Waals surface area (Å²) in [6.45, 7) is 9.93. The van der Waals surface area contributed by atoms with E-state index < -0.39 is 0 Å². The van der Waals surface area contributed by atoms with Crippen LogP contribution in [0.4, 0.5) is 0 Å². The normalized spacial score (nSPS) is 12.0. The summed E-state index contributed by atoms with van der Waals surface area (Å²) in [4.78, 5) is 29.4. The Kier molecular flexibility index (Phi) is 10.5. The fourth-order valence-corrected chi connectivity index (χ4v) is 3.76. The fraction of sp³-hybridized carbons (Fsp3) is 0.538. The van der Waals surface area contributed by atoms with Gasteiger partial charge in [0.25, 0.3) is 0 Å². The molecule has 1 unspecified atom stereocenters. The van der Waals surface area contributed by atoms with Crippen molar-refractivity contribution in [2.24, 2.45) is 5.92 Å². The average molecular weight is 458 g/mol. The van der Waals surface area contributed by atoms with Crippen molar-refractivity contribution in [1.82, 2.24) is 14.4 Å². The van der Waals surface area contributed by atoms with Gasteiger partial charge in [-0.1, -0.05) is 32.9 Å². The van der Waals surface area contributed by atoms with Crippen LogP contribution in [0.5, 0.6) is 5.75 Å². The monoisotopic (exact) mass is 457 g/mol. The molecule has 1 aromatic carbocycles. The minimum atomic E-state index is -0.162. The van der Waals surface area contributed by atoms with Crippen molar-refractivity contribution < 1.29 is 19.1 Å². The van der Waals surface area contributed by atoms with Gasteiger partial charge < -0.3 is 23.8 Å². The van der Waals surface area contributed by atoms with Gasteiger partial charge in [-0.2, -0.15) is 0 Å². The van der Waals surface area contributed by atoms with Gasteiger partial charge in [0.05, 0.1) is 20.2 Å². The van der Waals surface area contributed by atoms with Gasteiger partial charge >= 0.3 is 0 Å². The van der Waals surface area contributed by atoms with Gasteiger partial charge in [-0.25, -0.2) is 0 Å². The zero-order valence-corrected chi connectivity index (χ0v) is 20.9. The Balaban J connectivity index is 2.19. The zero-order chi connectivity index (χ0) is 24.4. The maximum absolute atomic E-state index is 13.4. The van der Waals surface area contributed by atoms with Gasteiger partial charge in [0.15, 0.2) is 0 Å². The lowest BCUT2D eigenvalue weighted by Gasteiger charge is -2.32. The van der Waals surface area contributed by atoms with Gasteiger partial charge in [-0.15, -0.1) is 0 Å². The standard InChI is InChI=1S/C26H39N3O4/c1-7-21(4)29(25(30)18-28(15-20(2)3)26(31)19-32-5)17-23-11-9-13-27(23)16-22-10-8-12-24(14-22)33-6/h8-14,20-21H,7,15-19H2,1-6H3. The molecule has 0 aliphatic heterocycles. The van der Waals surface area contributed by atoms with Gasteiger partial charge in [-0.05, 0) is 49.1 Å². The first-order chi connectivity index (χ1) is 15.8. The Labute approximate surface area is 198 Å². The van der Waals surface area contributed by atoms with E-state index in [0.717, 1.165) is 23.4 Å². The second-order valence-corrected chi connectivity index (χ2v) is 8.86. The number of rotatable bonds is 13. The van der Waals surface area contributed by atoms with E-state index in [9.17, 15) is 9.59 Å². The van der Waals surface area contributed by atoms with Crippen molar-refractivity contribution in [3.05, 3.63) is 53.9 Å². The SMILES string of the molecule is CCC(C)N(Cc1cccn1Cc1cccc(OC)c1)C(=O)CN(CC(C)C)C(=O)COC. The highest BCUT2D eigenvalue weighted by molar-refractivity contribution is 5.85. The van der Waals surface area contributed by atoms with Gasteiger partial charge in [0.2, 0.25) is 11.8 Å². The third-order valence-corrected chi connectivity index (χ3v) is 5.72. The minimum absolute atomic E-state index is 0.0211. The molecule has 0 fully saturated rings. The molecule has 1 aromatic heterocycles. The molecular formula is C26H39N3O4. The highest BCUT2D eigenvalue weighted by atomic mass is 16.5. The molecule has 2 aromatic rings. The summed E-state index contributed by atoms with van der Waals surface area (Å²) in [7, 11) is 3.16. The maximum atomic E-state index is 13.4. The van der Waals surface area contributed by atoms with Crippen LogP contribution in [0.25, 0.3) is 0 Å². The van der Waals surface area contributed by atoms with E-state index >= 15 is 0 Å². The first kappa shape index (κ1) is 26.5. The summed E-state index contributed by atoms with van der Waals surface area (Å²) in [5, 5.41) is 0. The predicted octanol–water partition coefficient (Wildman–Crippen LogP) is 3.80. The third-order valence-electron chi connectivity index (χ3n) is 5.72. The number of amides is 2. The Morgan fingerprint density at radius 2 is 1.82 bits per heavy atom. The summed E-state index contributed by atoms with van der Waals surface area (Å²) in [5.41, 5.74) is 2.17. The quantitative estimate of drug-likeness (QED) is 0.459. The molecule has 0 saturated carbocycles. The van der Waals surface area contributed by atoms with E-state index in [2.05, 4.69) is 24.5 Å². The molecule has 0 spiro atoms. The van der Waals surface area contributed by atoms with Crippen LogP contribution in [0.2, 0.25) is 0 Å². The van der Waals surface area contributed by atoms with Gasteiger partial charge in [-0.3, -0.25) is 9.59 Å². The molecule has 2 amide bonds. The second-order valence-electron chi connectivity index (χ2n) is 8.86. The van der Waals surface area contributed by atoms with Crippen molar-refractivity contribution in [2.45, 2.75) is 53.2 Å². The van der Waals surface area contributed by atoms with Gasteiger partial charge in [0.1, 0.15) is 12.4 Å². The fourth-order valence-electron chi connectivity index (χ4n) is 3.76. The minimum Gasteiger partial charge on any atom is -0.497 e. The lowest BCUT2D eigenvalue weighted by atomic mass is 10.1. The van der Waals surface area contributed by atoms with Crippen LogP contribution in [0, 0.1) is 5.92 Å². The summed E-state index contributed by atoms with van der Waals surface area (Å²) < 4.78 is 12.5. The van der Waals surface area contributed by atoms with Crippen LogP contribution >= 0.6 is 0 Å². The number of benzene rings is 1. The third kappa shape index (κ3) is 7.93. The number of methoxy groups -OCH3 is 2. The molecule has 0 aliphatic rings. The summed E-state index contributed by atoms with van der Waals surface area (Å²) in [6.07, 6.45) is 2.86. The predicted molar refractivity (Wildman–Crippen MR) is 130 cm³/mol. The van der Waals surface area contributed by atoms with Crippen LogP contribution in [0.1, 0.15) is 45.4 Å². The number of hydrogen-bond acceptors (Lipinski definition) is 4. The van der Waals surface area contributed by atoms with Crippen molar-refractivity contribution >= 4 is 11.8 Å². The Hall–Kier alpha value is -2.80. The molecule has 0 saturated heterocycles. The van der Waals surface area contributed by atoms with Crippen LogP contribution < -0.4 is 4.74 Å². The number of hydrogen-bond donors (Lipinski definition) is 0. The Bertz CT molecular complexity index is 893. The maximum Gasteiger partial charge on any atom is 0.249 e. The molecule has 0 bridgehead atoms. The van der Waals surface area contributed by atoms with Crippen LogP contribution in [-0.2, 0) is 27.4 Å². The molecule has 1 atom stereocenters. The Morgan fingerprint density at radius 3 is 2.45 bits per heavy atom. The van der Waals surface area contributed by atoms with Crippen molar-refractivity contribution in [3.63, 3.8) is 0 Å². The van der Waals surface area contributed by atoms with Gasteiger partial charge in [0, 0.05) is 38.1 Å². The van der Waals surface area contributed by atoms with E-state index in [0.29, 0.717) is 19.6 Å². The van der Waals surface area contributed by atoms with E-state index in [4.69, 9.17) is 9.47 Å². The highest BCUT2D eigenvalue weighted by Crippen LogP contribution is 2.17. The Morgan fingerprint density at radius 1 is 1.06 bits per heavy atom. The lowest BCUT2D eigenvalue weighted by molar-refractivity contribution is -0.144. The molecule has 0 N–H and O–H groups in total. The van der Waals surface area contributed by atoms with Crippen LogP contribution in [0.3, 0.4) is 0 Å². The first-order valence-corrected chi connectivity index (χ1v) is 11.6. The van der Waals surface area contributed by atoms with Crippen LogP contribution in [0.15, 0.2) is 42.6 Å². The summed E-state index contributed by atoms with van der Waals surface area (Å²) in [6, 6.07) is 12.1. The van der Waals surface area contributed by atoms with E-state index in [1.165, 1.54) is 7.11 Å². The number of carbonyl (C=O) groups is 2. The second kappa shape index (κ2) is 13.0. The molecule has 7 nitrogen and oxygen atoms in total. The molecule has 33 heavy (non-hydrogen) atoms. The van der Waals surface area contributed by atoms with Crippen molar-refractivity contribution in [3.8, 4) is 5.75 Å². The van der Waals surface area contributed by atoms with Crippen molar-refractivity contribution in [1.29, 1.82) is 0 Å². The van der Waals surface area contributed by atoms with Crippen LogP contribution in [-0.4, -0.2) is 66.1 Å². The average Bonchev–Trinajstić information content (AvgIpc) is 3.22. The first-order valence-electron chi connectivity index (χ1n) is 11.6. The molecule has 182 valence electrons. The topological polar surface area (TPSA) is 64.0 Å². The number of ether oxygens (including phenoxy) is 2. The molecule has 0 radical (unpaired) electrons. The highest BCUT2D eigenvalue weighted by Gasteiger charge is 2.25. The smallest absolute Gasteiger partial charge is 0.249 e. The van der Waals surface area contributed by atoms with E-state index in [1.807, 2.05) is 55.3 Å². The largest absolute Gasteiger partial charge is 0.497 e. The summed E-state index contributed by atoms with van der Waals surface area (Å²) >= 11 is 0. The number of nitrogens with zero attached hydrogens (tertiary/aromatic N) is 3. The lowest BCUT2D eigenvalue weighted by Crippen LogP contribution is -2.47. The number of carbonyl (C=O) groups excluding carboxylic acids is 2. The molecular weight excluding hydrogens is 418 g/mol. The zero-order valence-electron chi connectivity index (χ0n) is 20.9. The molecule has 2 rings (SSSR count). The molecule has 0 aliphatic carbocycles.